The first-order chi connectivity index (χ1) is 7.05. The van der Waals surface area contributed by atoms with E-state index >= 15 is 0 Å². The molecule has 0 unspecified atom stereocenters. The van der Waals surface area contributed by atoms with Crippen LogP contribution in [0.2, 0.25) is 0 Å². The number of hydrogen-bond donors (Lipinski definition) is 0. The number of ether oxygens (including phenoxy) is 2. The smallest absolute Gasteiger partial charge is 0.278 e. The van der Waals surface area contributed by atoms with Crippen molar-refractivity contribution in [2.24, 2.45) is 0 Å². The van der Waals surface area contributed by atoms with Crippen LogP contribution in [0.1, 0.15) is 5.56 Å². The van der Waals surface area contributed by atoms with E-state index in [4.69, 9.17) is 9.47 Å². The zero-order chi connectivity index (χ0) is 11.5. The first-order valence-corrected chi connectivity index (χ1v) is 4.24. The third kappa shape index (κ3) is 2.14. The number of benzene rings is 1. The third-order valence-electron chi connectivity index (χ3n) is 2.17. The number of nitro groups is 1. The number of nitro benzene ring substituents is 1. The van der Waals surface area contributed by atoms with Crippen LogP contribution in [0.5, 0.6) is 0 Å². The molecule has 0 amide bonds. The first-order valence-electron chi connectivity index (χ1n) is 4.24. The molecule has 5 heteroatoms. The third-order valence-corrected chi connectivity index (χ3v) is 2.17. The van der Waals surface area contributed by atoms with Crippen LogP contribution in [0.25, 0.3) is 0 Å². The molecule has 0 N–H and O–H groups in total. The van der Waals surface area contributed by atoms with Crippen LogP contribution in [0, 0.1) is 17.0 Å². The predicted octanol–water partition coefficient (Wildman–Crippen LogP) is 1.87. The van der Waals surface area contributed by atoms with Gasteiger partial charge in [0.2, 0.25) is 5.79 Å². The van der Waals surface area contributed by atoms with Gasteiger partial charge < -0.3 is 9.47 Å². The van der Waals surface area contributed by atoms with Gasteiger partial charge in [0, 0.05) is 27.2 Å². The lowest BCUT2D eigenvalue weighted by molar-refractivity contribution is -0.388. The summed E-state index contributed by atoms with van der Waals surface area (Å²) in [5.41, 5.74) is 0.219. The van der Waals surface area contributed by atoms with Gasteiger partial charge in [0.1, 0.15) is 0 Å². The van der Waals surface area contributed by atoms with Crippen molar-refractivity contribution in [3.63, 3.8) is 0 Å². The van der Waals surface area contributed by atoms with Gasteiger partial charge in [-0.1, -0.05) is 12.1 Å². The molecule has 5 nitrogen and oxygen atoms in total. The van der Waals surface area contributed by atoms with Crippen molar-refractivity contribution in [3.8, 4) is 0 Å². The van der Waals surface area contributed by atoms with E-state index < -0.39 is 10.7 Å². The van der Waals surface area contributed by atoms with Gasteiger partial charge >= 0.3 is 0 Å². The molecule has 81 valence electrons. The molecule has 0 aliphatic heterocycles. The first kappa shape index (κ1) is 11.6. The van der Waals surface area contributed by atoms with Gasteiger partial charge in [0.15, 0.2) is 0 Å². The molecular formula is C10H12NO4. The van der Waals surface area contributed by atoms with E-state index in [1.54, 1.807) is 18.2 Å². The van der Waals surface area contributed by atoms with Crippen LogP contribution in [-0.2, 0) is 15.3 Å². The number of methoxy groups -OCH3 is 2. The monoisotopic (exact) mass is 210 g/mol. The molecular weight excluding hydrogens is 198 g/mol. The van der Waals surface area contributed by atoms with Crippen molar-refractivity contribution in [1.29, 1.82) is 0 Å². The van der Waals surface area contributed by atoms with Crippen LogP contribution in [-0.4, -0.2) is 19.1 Å². The Morgan fingerprint density at radius 2 is 1.87 bits per heavy atom. The molecule has 0 saturated heterocycles. The van der Waals surface area contributed by atoms with E-state index in [-0.39, 0.29) is 5.69 Å². The van der Waals surface area contributed by atoms with E-state index in [1.807, 2.05) is 0 Å². The fraction of sp³-hybridized carbons (Fsp3) is 0.300. The number of para-hydroxylation sites is 1. The van der Waals surface area contributed by atoms with Crippen LogP contribution >= 0.6 is 0 Å². The minimum atomic E-state index is -1.34. The van der Waals surface area contributed by atoms with Gasteiger partial charge in [-0.15, -0.1) is 0 Å². The molecule has 0 atom stereocenters. The van der Waals surface area contributed by atoms with E-state index in [2.05, 4.69) is 6.92 Å². The minimum absolute atomic E-state index is 0.0730. The summed E-state index contributed by atoms with van der Waals surface area (Å²) in [7, 11) is 2.76. The summed E-state index contributed by atoms with van der Waals surface area (Å²) in [6.07, 6.45) is 0. The Balaban J connectivity index is 3.29. The van der Waals surface area contributed by atoms with Crippen LogP contribution in [0.3, 0.4) is 0 Å². The summed E-state index contributed by atoms with van der Waals surface area (Å²) in [4.78, 5) is 10.3. The van der Waals surface area contributed by atoms with Crippen molar-refractivity contribution in [3.05, 3.63) is 46.9 Å². The maximum absolute atomic E-state index is 10.8. The molecule has 0 bridgehead atoms. The van der Waals surface area contributed by atoms with Crippen molar-refractivity contribution in [2.75, 3.05) is 14.2 Å². The second kappa shape index (κ2) is 4.37. The molecule has 0 aliphatic rings. The summed E-state index contributed by atoms with van der Waals surface area (Å²) in [5, 5.41) is 10.8. The van der Waals surface area contributed by atoms with Gasteiger partial charge in [0.25, 0.3) is 5.69 Å². The molecule has 1 aromatic carbocycles. The van der Waals surface area contributed by atoms with Crippen molar-refractivity contribution in [1.82, 2.24) is 0 Å². The fourth-order valence-electron chi connectivity index (χ4n) is 1.26. The van der Waals surface area contributed by atoms with Crippen molar-refractivity contribution >= 4 is 5.69 Å². The molecule has 0 saturated carbocycles. The van der Waals surface area contributed by atoms with Crippen LogP contribution in [0.4, 0.5) is 5.69 Å². The highest BCUT2D eigenvalue weighted by atomic mass is 16.7. The Morgan fingerprint density at radius 1 is 1.33 bits per heavy atom. The van der Waals surface area contributed by atoms with E-state index in [9.17, 15) is 10.1 Å². The Bertz CT molecular complexity index is 360. The van der Waals surface area contributed by atoms with Crippen LogP contribution < -0.4 is 0 Å². The summed E-state index contributed by atoms with van der Waals surface area (Å²) in [6, 6.07) is 6.18. The summed E-state index contributed by atoms with van der Waals surface area (Å²) in [5.74, 6) is -1.34. The second-order valence-corrected chi connectivity index (χ2v) is 2.94. The second-order valence-electron chi connectivity index (χ2n) is 2.94. The summed E-state index contributed by atoms with van der Waals surface area (Å²) < 4.78 is 10.1. The quantitative estimate of drug-likeness (QED) is 0.432. The lowest BCUT2D eigenvalue weighted by Gasteiger charge is -2.25. The SMILES string of the molecule is [CH2]C(OC)(OC)c1ccccc1[N+](=O)[O-]. The van der Waals surface area contributed by atoms with Gasteiger partial charge in [-0.2, -0.15) is 0 Å². The molecule has 1 radical (unpaired) electrons. The highest BCUT2D eigenvalue weighted by molar-refractivity contribution is 5.43. The summed E-state index contributed by atoms with van der Waals surface area (Å²) >= 11 is 0. The highest BCUT2D eigenvalue weighted by Gasteiger charge is 2.32. The molecule has 0 spiro atoms. The molecule has 0 fully saturated rings. The topological polar surface area (TPSA) is 61.6 Å². The molecule has 0 aromatic heterocycles. The fourth-order valence-corrected chi connectivity index (χ4v) is 1.26. The Labute approximate surface area is 87.8 Å². The van der Waals surface area contributed by atoms with E-state index in [0.29, 0.717) is 5.56 Å². The molecule has 1 rings (SSSR count). The lowest BCUT2D eigenvalue weighted by atomic mass is 10.1. The van der Waals surface area contributed by atoms with Crippen LogP contribution in [0.15, 0.2) is 24.3 Å². The maximum atomic E-state index is 10.8. The van der Waals surface area contributed by atoms with Crippen molar-refractivity contribution < 1.29 is 14.4 Å². The zero-order valence-electron chi connectivity index (χ0n) is 8.60. The van der Waals surface area contributed by atoms with Gasteiger partial charge in [-0.3, -0.25) is 10.1 Å². The minimum Gasteiger partial charge on any atom is -0.349 e. The van der Waals surface area contributed by atoms with E-state index in [1.165, 1.54) is 20.3 Å². The summed E-state index contributed by atoms with van der Waals surface area (Å²) in [6.45, 7) is 3.67. The number of rotatable bonds is 4. The maximum Gasteiger partial charge on any atom is 0.278 e. The number of hydrogen-bond acceptors (Lipinski definition) is 4. The standard InChI is InChI=1S/C10H12NO4/c1-10(14-2,15-3)8-6-4-5-7-9(8)11(12)13/h4-7H,1H2,2-3H3. The largest absolute Gasteiger partial charge is 0.349 e. The predicted molar refractivity (Wildman–Crippen MR) is 54.1 cm³/mol. The normalized spacial score (nSPS) is 11.4. The average Bonchev–Trinajstić information content (AvgIpc) is 2.28. The Morgan fingerprint density at radius 3 is 2.33 bits per heavy atom. The lowest BCUT2D eigenvalue weighted by Crippen LogP contribution is -2.27. The van der Waals surface area contributed by atoms with Crippen molar-refractivity contribution in [2.45, 2.75) is 5.79 Å². The van der Waals surface area contributed by atoms with Gasteiger partial charge in [0.05, 0.1) is 10.5 Å². The average molecular weight is 210 g/mol. The molecule has 15 heavy (non-hydrogen) atoms. The Kier molecular flexibility index (Phi) is 3.39. The molecule has 0 heterocycles. The Hall–Kier alpha value is -1.46. The molecule has 1 aromatic rings. The van der Waals surface area contributed by atoms with Gasteiger partial charge in [-0.05, 0) is 6.07 Å². The van der Waals surface area contributed by atoms with Gasteiger partial charge in [-0.25, -0.2) is 0 Å². The van der Waals surface area contributed by atoms with E-state index in [0.717, 1.165) is 0 Å². The molecule has 0 aliphatic carbocycles. The highest BCUT2D eigenvalue weighted by Crippen LogP contribution is 2.32. The number of nitrogens with zero attached hydrogens (tertiary/aromatic N) is 1. The zero-order valence-corrected chi connectivity index (χ0v) is 8.60.